The minimum atomic E-state index is -4.54. The van der Waals surface area contributed by atoms with Crippen LogP contribution < -0.4 is 5.56 Å². The summed E-state index contributed by atoms with van der Waals surface area (Å²) in [5, 5.41) is 0. The molecule has 0 fully saturated rings. The summed E-state index contributed by atoms with van der Waals surface area (Å²) in [4.78, 5) is 17.3. The number of nitrogens with one attached hydrogen (secondary N) is 1. The molecule has 17 heavy (non-hydrogen) atoms. The van der Waals surface area contributed by atoms with Crippen molar-refractivity contribution in [1.82, 2.24) is 9.97 Å². The predicted octanol–water partition coefficient (Wildman–Crippen LogP) is 2.46. The van der Waals surface area contributed by atoms with E-state index in [-0.39, 0.29) is 5.69 Å². The molecule has 2 heterocycles. The molecule has 0 saturated heterocycles. The zero-order valence-corrected chi connectivity index (χ0v) is 8.45. The number of rotatable bonds is 1. The fraction of sp³-hybridized carbons (Fsp3) is 0.0909. The number of alkyl halides is 3. The molecule has 0 aliphatic carbocycles. The first-order chi connectivity index (χ1) is 7.97. The Bertz CT molecular complexity index is 575. The zero-order valence-electron chi connectivity index (χ0n) is 8.45. The van der Waals surface area contributed by atoms with Crippen molar-refractivity contribution in [1.29, 1.82) is 0 Å². The molecule has 0 unspecified atom stereocenters. The van der Waals surface area contributed by atoms with E-state index in [0.717, 1.165) is 6.07 Å². The lowest BCUT2D eigenvalue weighted by Crippen LogP contribution is -2.13. The molecule has 6 heteroatoms. The Morgan fingerprint density at radius 3 is 2.59 bits per heavy atom. The van der Waals surface area contributed by atoms with Crippen LogP contribution >= 0.6 is 0 Å². The van der Waals surface area contributed by atoms with Gasteiger partial charge in [0.1, 0.15) is 0 Å². The summed E-state index contributed by atoms with van der Waals surface area (Å²) in [6, 6.07) is 4.56. The summed E-state index contributed by atoms with van der Waals surface area (Å²) in [6.45, 7) is 0. The number of hydrogen-bond acceptors (Lipinski definition) is 2. The maximum atomic E-state index is 12.5. The van der Waals surface area contributed by atoms with Crippen molar-refractivity contribution in [2.75, 3.05) is 0 Å². The average Bonchev–Trinajstić information content (AvgIpc) is 2.28. The highest BCUT2D eigenvalue weighted by molar-refractivity contribution is 5.58. The molecule has 0 aliphatic heterocycles. The van der Waals surface area contributed by atoms with Gasteiger partial charge in [0.2, 0.25) is 5.56 Å². The Morgan fingerprint density at radius 1 is 1.24 bits per heavy atom. The molecular formula is C11H7F3N2O. The predicted molar refractivity (Wildman–Crippen MR) is 55.3 cm³/mol. The van der Waals surface area contributed by atoms with Gasteiger partial charge >= 0.3 is 6.18 Å². The van der Waals surface area contributed by atoms with Crippen LogP contribution in [0, 0.1) is 0 Å². The van der Waals surface area contributed by atoms with Crippen molar-refractivity contribution in [2.45, 2.75) is 6.18 Å². The standard InChI is InChI=1S/C11H7F3N2O/c12-11(13,14)8-4-9(16-10(17)5-8)7-2-1-3-15-6-7/h1-6H,(H,16,17). The highest BCUT2D eigenvalue weighted by Crippen LogP contribution is 2.29. The number of halogens is 3. The molecule has 2 aromatic heterocycles. The lowest BCUT2D eigenvalue weighted by atomic mass is 10.1. The normalized spacial score (nSPS) is 11.5. The van der Waals surface area contributed by atoms with Gasteiger partial charge in [0, 0.05) is 24.0 Å². The van der Waals surface area contributed by atoms with Crippen LogP contribution in [0.1, 0.15) is 5.56 Å². The number of nitrogens with zero attached hydrogens (tertiary/aromatic N) is 1. The van der Waals surface area contributed by atoms with Gasteiger partial charge in [0.05, 0.1) is 11.3 Å². The highest BCUT2D eigenvalue weighted by Gasteiger charge is 2.31. The van der Waals surface area contributed by atoms with E-state index in [1.807, 2.05) is 0 Å². The van der Waals surface area contributed by atoms with E-state index < -0.39 is 17.3 Å². The molecule has 0 bridgehead atoms. The molecule has 2 aromatic rings. The largest absolute Gasteiger partial charge is 0.416 e. The second kappa shape index (κ2) is 4.04. The minimum absolute atomic E-state index is 0.0953. The van der Waals surface area contributed by atoms with Crippen LogP contribution in [0.4, 0.5) is 13.2 Å². The van der Waals surface area contributed by atoms with Gasteiger partial charge in [-0.3, -0.25) is 9.78 Å². The summed E-state index contributed by atoms with van der Waals surface area (Å²) in [7, 11) is 0. The van der Waals surface area contributed by atoms with Gasteiger partial charge in [0.15, 0.2) is 0 Å². The van der Waals surface area contributed by atoms with Gasteiger partial charge in [-0.15, -0.1) is 0 Å². The van der Waals surface area contributed by atoms with Crippen LogP contribution in [0.15, 0.2) is 41.5 Å². The summed E-state index contributed by atoms with van der Waals surface area (Å²) >= 11 is 0. The molecule has 3 nitrogen and oxygen atoms in total. The fourth-order valence-corrected chi connectivity index (χ4v) is 1.38. The van der Waals surface area contributed by atoms with E-state index >= 15 is 0 Å². The highest BCUT2D eigenvalue weighted by atomic mass is 19.4. The summed E-state index contributed by atoms with van der Waals surface area (Å²) in [5.74, 6) is 0. The fourth-order valence-electron chi connectivity index (χ4n) is 1.38. The molecule has 88 valence electrons. The maximum Gasteiger partial charge on any atom is 0.416 e. The van der Waals surface area contributed by atoms with Crippen LogP contribution in [0.2, 0.25) is 0 Å². The van der Waals surface area contributed by atoms with E-state index in [2.05, 4.69) is 9.97 Å². The first-order valence-corrected chi connectivity index (χ1v) is 4.69. The average molecular weight is 240 g/mol. The quantitative estimate of drug-likeness (QED) is 0.832. The van der Waals surface area contributed by atoms with Crippen LogP contribution in [-0.2, 0) is 6.18 Å². The van der Waals surface area contributed by atoms with Crippen LogP contribution in [0.5, 0.6) is 0 Å². The third-order valence-electron chi connectivity index (χ3n) is 2.14. The van der Waals surface area contributed by atoms with E-state index in [0.29, 0.717) is 11.6 Å². The number of H-pyrrole nitrogens is 1. The van der Waals surface area contributed by atoms with Crippen molar-refractivity contribution in [3.8, 4) is 11.3 Å². The summed E-state index contributed by atoms with van der Waals surface area (Å²) < 4.78 is 37.5. The van der Waals surface area contributed by atoms with Crippen molar-refractivity contribution >= 4 is 0 Å². The van der Waals surface area contributed by atoms with Gasteiger partial charge in [0.25, 0.3) is 0 Å². The van der Waals surface area contributed by atoms with Gasteiger partial charge in [-0.05, 0) is 18.2 Å². The summed E-state index contributed by atoms with van der Waals surface area (Å²) in [5.41, 5.74) is -1.24. The Kier molecular flexibility index (Phi) is 2.71. The lowest BCUT2D eigenvalue weighted by Gasteiger charge is -2.08. The third kappa shape index (κ3) is 2.52. The van der Waals surface area contributed by atoms with E-state index in [1.165, 1.54) is 12.4 Å². The SMILES string of the molecule is O=c1cc(C(F)(F)F)cc(-c2cccnc2)[nH]1. The smallest absolute Gasteiger partial charge is 0.322 e. The van der Waals surface area contributed by atoms with Gasteiger partial charge in [-0.1, -0.05) is 0 Å². The number of hydrogen-bond donors (Lipinski definition) is 1. The topological polar surface area (TPSA) is 45.8 Å². The second-order valence-corrected chi connectivity index (χ2v) is 3.39. The van der Waals surface area contributed by atoms with Crippen molar-refractivity contribution in [3.05, 3.63) is 52.6 Å². The van der Waals surface area contributed by atoms with E-state index in [9.17, 15) is 18.0 Å². The van der Waals surface area contributed by atoms with Gasteiger partial charge < -0.3 is 4.98 Å². The van der Waals surface area contributed by atoms with Gasteiger partial charge in [-0.25, -0.2) is 0 Å². The van der Waals surface area contributed by atoms with Gasteiger partial charge in [-0.2, -0.15) is 13.2 Å². The zero-order chi connectivity index (χ0) is 12.5. The number of aromatic nitrogens is 2. The van der Waals surface area contributed by atoms with Crippen LogP contribution in [0.25, 0.3) is 11.3 Å². The van der Waals surface area contributed by atoms with Crippen molar-refractivity contribution in [2.24, 2.45) is 0 Å². The monoisotopic (exact) mass is 240 g/mol. The van der Waals surface area contributed by atoms with Crippen molar-refractivity contribution < 1.29 is 13.2 Å². The number of aromatic amines is 1. The Balaban J connectivity index is 2.58. The number of pyridine rings is 2. The molecular weight excluding hydrogens is 233 g/mol. The molecule has 0 aliphatic rings. The minimum Gasteiger partial charge on any atom is -0.322 e. The molecule has 2 rings (SSSR count). The molecule has 0 spiro atoms. The van der Waals surface area contributed by atoms with Crippen molar-refractivity contribution in [3.63, 3.8) is 0 Å². The Hall–Kier alpha value is -2.11. The van der Waals surface area contributed by atoms with E-state index in [1.54, 1.807) is 12.1 Å². The Labute approximate surface area is 94.0 Å². The first-order valence-electron chi connectivity index (χ1n) is 4.69. The second-order valence-electron chi connectivity index (χ2n) is 3.39. The van der Waals surface area contributed by atoms with E-state index in [4.69, 9.17) is 0 Å². The summed E-state index contributed by atoms with van der Waals surface area (Å²) in [6.07, 6.45) is -1.66. The van der Waals surface area contributed by atoms with Crippen LogP contribution in [0.3, 0.4) is 0 Å². The first kappa shape index (κ1) is 11.4. The molecule has 0 saturated carbocycles. The molecule has 0 aromatic carbocycles. The molecule has 0 atom stereocenters. The van der Waals surface area contributed by atoms with Crippen LogP contribution in [-0.4, -0.2) is 9.97 Å². The Morgan fingerprint density at radius 2 is 2.00 bits per heavy atom. The molecule has 0 radical (unpaired) electrons. The lowest BCUT2D eigenvalue weighted by molar-refractivity contribution is -0.137. The molecule has 1 N–H and O–H groups in total. The molecule has 0 amide bonds. The third-order valence-corrected chi connectivity index (χ3v) is 2.14. The maximum absolute atomic E-state index is 12.5.